The number of amides is 1. The molecule has 2 aliphatic rings. The van der Waals surface area contributed by atoms with Gasteiger partial charge >= 0.3 is 0 Å². The Kier molecular flexibility index (Phi) is 4.12. The molecule has 0 spiro atoms. The second-order valence-electron chi connectivity index (χ2n) is 5.75. The normalized spacial score (nSPS) is 20.9. The van der Waals surface area contributed by atoms with Crippen LogP contribution in [0.1, 0.15) is 37.8 Å². The maximum Gasteiger partial charge on any atom is 0.246 e. The third-order valence-corrected chi connectivity index (χ3v) is 4.46. The van der Waals surface area contributed by atoms with Crippen molar-refractivity contribution in [2.75, 3.05) is 29.9 Å². The summed E-state index contributed by atoms with van der Waals surface area (Å²) in [4.78, 5) is 14.3. The molecule has 21 heavy (non-hydrogen) atoms. The second-order valence-corrected chi connectivity index (χ2v) is 5.75. The molecular formula is C16H23N3O2. The van der Waals surface area contributed by atoms with E-state index in [1.54, 1.807) is 0 Å². The number of hydrogen-bond donors (Lipinski definition) is 3. The molecule has 0 bridgehead atoms. The average Bonchev–Trinajstić information content (AvgIpc) is 2.72. The van der Waals surface area contributed by atoms with Crippen LogP contribution in [0, 0.1) is 0 Å². The van der Waals surface area contributed by atoms with E-state index in [4.69, 9.17) is 0 Å². The molecule has 1 aromatic carbocycles. The van der Waals surface area contributed by atoms with Gasteiger partial charge in [0.15, 0.2) is 0 Å². The van der Waals surface area contributed by atoms with Gasteiger partial charge in [-0.1, -0.05) is 13.0 Å². The molecule has 3 N–H and O–H groups in total. The lowest BCUT2D eigenvalue weighted by Crippen LogP contribution is -2.41. The second kappa shape index (κ2) is 6.03. The van der Waals surface area contributed by atoms with E-state index < -0.39 is 0 Å². The number of rotatable bonds is 6. The molecule has 5 nitrogen and oxygen atoms in total. The fraction of sp³-hybridized carbons (Fsp3) is 0.562. The Morgan fingerprint density at radius 3 is 2.86 bits per heavy atom. The molecule has 114 valence electrons. The van der Waals surface area contributed by atoms with Crippen LogP contribution in [0.15, 0.2) is 18.2 Å². The van der Waals surface area contributed by atoms with Crippen LogP contribution < -0.4 is 15.5 Å². The van der Waals surface area contributed by atoms with E-state index in [-0.39, 0.29) is 18.6 Å². The van der Waals surface area contributed by atoms with Gasteiger partial charge < -0.3 is 20.6 Å². The summed E-state index contributed by atoms with van der Waals surface area (Å²) < 4.78 is 0. The number of carbonyl (C=O) groups is 1. The van der Waals surface area contributed by atoms with Crippen LogP contribution >= 0.6 is 0 Å². The number of benzene rings is 1. The van der Waals surface area contributed by atoms with Crippen LogP contribution in [0.25, 0.3) is 0 Å². The lowest BCUT2D eigenvalue weighted by Gasteiger charge is -2.39. The Morgan fingerprint density at radius 1 is 1.43 bits per heavy atom. The number of nitrogens with one attached hydrogen (secondary N) is 2. The molecule has 1 aromatic rings. The molecule has 3 rings (SSSR count). The van der Waals surface area contributed by atoms with Crippen molar-refractivity contribution in [1.29, 1.82) is 0 Å². The first-order chi connectivity index (χ1) is 10.2. The van der Waals surface area contributed by atoms with Crippen LogP contribution in [-0.2, 0) is 4.79 Å². The predicted octanol–water partition coefficient (Wildman–Crippen LogP) is 1.64. The summed E-state index contributed by atoms with van der Waals surface area (Å²) in [5.74, 6) is 0.0151. The number of likely N-dealkylation sites (N-methyl/N-ethyl adjacent to an activating group) is 1. The quantitative estimate of drug-likeness (QED) is 0.745. The highest BCUT2D eigenvalue weighted by atomic mass is 16.3. The van der Waals surface area contributed by atoms with E-state index in [1.807, 2.05) is 19.1 Å². The molecule has 1 unspecified atom stereocenters. The van der Waals surface area contributed by atoms with Gasteiger partial charge in [0.1, 0.15) is 6.04 Å². The monoisotopic (exact) mass is 289 g/mol. The van der Waals surface area contributed by atoms with E-state index in [2.05, 4.69) is 21.6 Å². The van der Waals surface area contributed by atoms with Crippen molar-refractivity contribution in [3.8, 4) is 0 Å². The maximum atomic E-state index is 12.0. The summed E-state index contributed by atoms with van der Waals surface area (Å²) in [6.07, 6.45) is 3.63. The van der Waals surface area contributed by atoms with E-state index >= 15 is 0 Å². The highest BCUT2D eigenvalue weighted by molar-refractivity contribution is 6.03. The topological polar surface area (TPSA) is 64.6 Å². The first-order valence-corrected chi connectivity index (χ1v) is 7.80. The van der Waals surface area contributed by atoms with Gasteiger partial charge in [-0.05, 0) is 37.9 Å². The summed E-state index contributed by atoms with van der Waals surface area (Å²) in [7, 11) is 0. The highest BCUT2D eigenvalue weighted by Gasteiger charge is 2.31. The van der Waals surface area contributed by atoms with Crippen LogP contribution in [0.2, 0.25) is 0 Å². The summed E-state index contributed by atoms with van der Waals surface area (Å²) in [6, 6.07) is 6.42. The molecule has 0 aromatic heterocycles. The number of nitrogens with zero attached hydrogens (tertiary/aromatic N) is 1. The van der Waals surface area contributed by atoms with Crippen molar-refractivity contribution in [3.63, 3.8) is 0 Å². The van der Waals surface area contributed by atoms with Crippen molar-refractivity contribution < 1.29 is 9.90 Å². The average molecular weight is 289 g/mol. The molecule has 1 amide bonds. The molecule has 0 radical (unpaired) electrons. The zero-order valence-corrected chi connectivity index (χ0v) is 12.4. The van der Waals surface area contributed by atoms with Crippen LogP contribution in [0.5, 0.6) is 0 Å². The largest absolute Gasteiger partial charge is 0.395 e. The molecule has 1 saturated carbocycles. The van der Waals surface area contributed by atoms with Gasteiger partial charge in [0, 0.05) is 29.5 Å². The van der Waals surface area contributed by atoms with Gasteiger partial charge in [-0.15, -0.1) is 0 Å². The minimum Gasteiger partial charge on any atom is -0.395 e. The first-order valence-electron chi connectivity index (χ1n) is 7.80. The standard InChI is InChI=1S/C16H23N3O2/c1-2-17-15-13-7-6-12(10-14(13)18-16(15)21)19(8-9-20)11-4-3-5-11/h6-7,10-11,15,17,20H,2-5,8-9H2,1H3,(H,18,21). The van der Waals surface area contributed by atoms with Crippen LogP contribution in [-0.4, -0.2) is 36.8 Å². The lowest BCUT2D eigenvalue weighted by molar-refractivity contribution is -0.117. The highest BCUT2D eigenvalue weighted by Crippen LogP contribution is 2.36. The number of carbonyl (C=O) groups excluding carboxylic acids is 1. The first kappa shape index (κ1) is 14.4. The number of aliphatic hydroxyl groups excluding tert-OH is 1. The number of aliphatic hydroxyl groups is 1. The molecule has 5 heteroatoms. The Hall–Kier alpha value is -1.59. The van der Waals surface area contributed by atoms with E-state index in [0.29, 0.717) is 12.6 Å². The van der Waals surface area contributed by atoms with Gasteiger partial charge in [0.2, 0.25) is 5.91 Å². The Labute approximate surface area is 125 Å². The zero-order valence-electron chi connectivity index (χ0n) is 12.4. The Bertz CT molecular complexity index is 528. The third-order valence-electron chi connectivity index (χ3n) is 4.46. The molecule has 1 fully saturated rings. The summed E-state index contributed by atoms with van der Waals surface area (Å²) in [6.45, 7) is 3.56. The van der Waals surface area contributed by atoms with Crippen molar-refractivity contribution in [2.45, 2.75) is 38.3 Å². The van der Waals surface area contributed by atoms with E-state index in [0.717, 1.165) is 23.5 Å². The lowest BCUT2D eigenvalue weighted by atomic mass is 9.91. The minimum absolute atomic E-state index is 0.0151. The number of fused-ring (bicyclic) bond motifs is 1. The third kappa shape index (κ3) is 2.63. The number of hydrogen-bond acceptors (Lipinski definition) is 4. The number of anilines is 2. The van der Waals surface area contributed by atoms with Gasteiger partial charge in [-0.25, -0.2) is 0 Å². The Balaban J connectivity index is 1.85. The summed E-state index contributed by atoms with van der Waals surface area (Å²) in [5, 5.41) is 15.5. The SMILES string of the molecule is CCNC1C(=O)Nc2cc(N(CCO)C3CCC3)ccc21. The molecule has 1 aliphatic heterocycles. The van der Waals surface area contributed by atoms with Crippen molar-refractivity contribution in [2.24, 2.45) is 0 Å². The van der Waals surface area contributed by atoms with Gasteiger partial charge in [0.25, 0.3) is 0 Å². The van der Waals surface area contributed by atoms with Crippen LogP contribution in [0.3, 0.4) is 0 Å². The zero-order chi connectivity index (χ0) is 14.8. The maximum absolute atomic E-state index is 12.0. The molecular weight excluding hydrogens is 266 g/mol. The fourth-order valence-electron chi connectivity index (χ4n) is 3.16. The summed E-state index contributed by atoms with van der Waals surface area (Å²) >= 11 is 0. The predicted molar refractivity (Wildman–Crippen MR) is 83.6 cm³/mol. The molecule has 1 aliphatic carbocycles. The van der Waals surface area contributed by atoms with Crippen molar-refractivity contribution in [3.05, 3.63) is 23.8 Å². The van der Waals surface area contributed by atoms with Gasteiger partial charge in [0.05, 0.1) is 6.61 Å². The molecule has 1 heterocycles. The minimum atomic E-state index is -0.242. The fourth-order valence-corrected chi connectivity index (χ4v) is 3.16. The van der Waals surface area contributed by atoms with Crippen LogP contribution in [0.4, 0.5) is 11.4 Å². The summed E-state index contributed by atoms with van der Waals surface area (Å²) in [5.41, 5.74) is 3.00. The van der Waals surface area contributed by atoms with Gasteiger partial charge in [-0.2, -0.15) is 0 Å². The van der Waals surface area contributed by atoms with Crippen molar-refractivity contribution >= 4 is 17.3 Å². The van der Waals surface area contributed by atoms with E-state index in [9.17, 15) is 9.90 Å². The Morgan fingerprint density at radius 2 is 2.24 bits per heavy atom. The molecule has 0 saturated heterocycles. The van der Waals surface area contributed by atoms with Gasteiger partial charge in [-0.3, -0.25) is 4.79 Å². The van der Waals surface area contributed by atoms with E-state index in [1.165, 1.54) is 19.3 Å². The molecule has 1 atom stereocenters. The van der Waals surface area contributed by atoms with Crippen molar-refractivity contribution in [1.82, 2.24) is 5.32 Å². The smallest absolute Gasteiger partial charge is 0.246 e.